The van der Waals surface area contributed by atoms with Crippen LogP contribution in [0.4, 0.5) is 11.4 Å². The number of nitrogens with two attached hydrogens (primary N) is 1. The van der Waals surface area contributed by atoms with E-state index in [0.717, 1.165) is 11.3 Å². The van der Waals surface area contributed by atoms with E-state index in [4.69, 9.17) is 5.73 Å². The Morgan fingerprint density at radius 1 is 1.42 bits per heavy atom. The second-order valence-corrected chi connectivity index (χ2v) is 5.84. The Morgan fingerprint density at radius 3 is 2.74 bits per heavy atom. The quantitative estimate of drug-likeness (QED) is 0.782. The fourth-order valence-corrected chi connectivity index (χ4v) is 2.18. The van der Waals surface area contributed by atoms with E-state index in [1.165, 1.54) is 4.90 Å². The van der Waals surface area contributed by atoms with Gasteiger partial charge >= 0.3 is 0 Å². The second kappa shape index (κ2) is 4.57. The molecule has 5 heteroatoms. The van der Waals surface area contributed by atoms with Gasteiger partial charge in [-0.1, -0.05) is 0 Å². The molecule has 2 rings (SSSR count). The lowest BCUT2D eigenvalue weighted by molar-refractivity contribution is -0.124. The van der Waals surface area contributed by atoms with E-state index in [-0.39, 0.29) is 23.9 Å². The van der Waals surface area contributed by atoms with Crippen molar-refractivity contribution in [1.29, 1.82) is 0 Å². The van der Waals surface area contributed by atoms with Gasteiger partial charge in [0.25, 0.3) is 0 Å². The van der Waals surface area contributed by atoms with Crippen molar-refractivity contribution in [2.75, 3.05) is 17.2 Å². The summed E-state index contributed by atoms with van der Waals surface area (Å²) in [4.78, 5) is 25.4. The first kappa shape index (κ1) is 13.4. The number of nitrogens with zero attached hydrogens (tertiary/aromatic N) is 1. The third-order valence-electron chi connectivity index (χ3n) is 2.85. The van der Waals surface area contributed by atoms with Crippen LogP contribution < -0.4 is 16.0 Å². The molecule has 0 saturated carbocycles. The van der Waals surface area contributed by atoms with Crippen LogP contribution in [0.5, 0.6) is 0 Å². The van der Waals surface area contributed by atoms with E-state index in [1.54, 1.807) is 18.2 Å². The summed E-state index contributed by atoms with van der Waals surface area (Å²) in [6, 6.07) is 5.32. The van der Waals surface area contributed by atoms with Crippen molar-refractivity contribution in [2.24, 2.45) is 0 Å². The lowest BCUT2D eigenvalue weighted by Gasteiger charge is -2.23. The highest BCUT2D eigenvalue weighted by molar-refractivity contribution is 6.05. The Hall–Kier alpha value is -2.04. The molecule has 0 spiro atoms. The van der Waals surface area contributed by atoms with Crippen molar-refractivity contribution in [3.05, 3.63) is 23.8 Å². The smallest absolute Gasteiger partial charge is 0.240 e. The maximum atomic E-state index is 11.9. The number of anilines is 2. The van der Waals surface area contributed by atoms with Crippen molar-refractivity contribution in [3.8, 4) is 0 Å². The van der Waals surface area contributed by atoms with Crippen molar-refractivity contribution >= 4 is 23.2 Å². The molecule has 0 bridgehead atoms. The van der Waals surface area contributed by atoms with E-state index < -0.39 is 0 Å². The molecule has 3 N–H and O–H groups in total. The molecule has 102 valence electrons. The predicted molar refractivity (Wildman–Crippen MR) is 74.8 cm³/mol. The Morgan fingerprint density at radius 2 is 2.11 bits per heavy atom. The summed E-state index contributed by atoms with van der Waals surface area (Å²) in [7, 11) is 0. The highest BCUT2D eigenvalue weighted by atomic mass is 16.2. The van der Waals surface area contributed by atoms with Gasteiger partial charge in [-0.05, 0) is 44.5 Å². The molecule has 0 atom stereocenters. The average molecular weight is 261 g/mol. The minimum absolute atomic E-state index is 0.0486. The van der Waals surface area contributed by atoms with Crippen LogP contribution >= 0.6 is 0 Å². The molecule has 2 amide bonds. The van der Waals surface area contributed by atoms with E-state index in [1.807, 2.05) is 20.8 Å². The number of amides is 2. The number of rotatable bonds is 2. The standard InChI is InChI=1S/C14H19N3O2/c1-14(2,3)16-12(18)8-17-11-5-4-10(15)6-9(11)7-13(17)19/h4-6H,7-8,15H2,1-3H3,(H,16,18). The molecule has 0 aliphatic carbocycles. The van der Waals surface area contributed by atoms with Crippen LogP contribution in [0.3, 0.4) is 0 Å². The SMILES string of the molecule is CC(C)(C)NC(=O)CN1C(=O)Cc2cc(N)ccc21. The Labute approximate surface area is 112 Å². The maximum Gasteiger partial charge on any atom is 0.240 e. The highest BCUT2D eigenvalue weighted by Gasteiger charge is 2.29. The number of benzene rings is 1. The Balaban J connectivity index is 2.14. The second-order valence-electron chi connectivity index (χ2n) is 5.84. The van der Waals surface area contributed by atoms with Crippen LogP contribution in [0.15, 0.2) is 18.2 Å². The summed E-state index contributed by atoms with van der Waals surface area (Å²) >= 11 is 0. The minimum Gasteiger partial charge on any atom is -0.399 e. The number of fused-ring (bicyclic) bond motifs is 1. The fraction of sp³-hybridized carbons (Fsp3) is 0.429. The predicted octanol–water partition coefficient (Wildman–Crippen LogP) is 1.07. The number of hydrogen-bond donors (Lipinski definition) is 2. The van der Waals surface area contributed by atoms with Crippen LogP contribution in [0, 0.1) is 0 Å². The third-order valence-corrected chi connectivity index (χ3v) is 2.85. The number of carbonyl (C=O) groups excluding carboxylic acids is 2. The van der Waals surface area contributed by atoms with Gasteiger partial charge in [0.2, 0.25) is 11.8 Å². The van der Waals surface area contributed by atoms with Crippen molar-refractivity contribution < 1.29 is 9.59 Å². The first-order valence-electron chi connectivity index (χ1n) is 6.26. The first-order chi connectivity index (χ1) is 8.76. The average Bonchev–Trinajstić information content (AvgIpc) is 2.51. The van der Waals surface area contributed by atoms with E-state index in [2.05, 4.69) is 5.32 Å². The molecule has 0 radical (unpaired) electrons. The van der Waals surface area contributed by atoms with Crippen LogP contribution in [0.25, 0.3) is 0 Å². The molecule has 5 nitrogen and oxygen atoms in total. The van der Waals surface area contributed by atoms with Gasteiger partial charge in [-0.2, -0.15) is 0 Å². The van der Waals surface area contributed by atoms with E-state index in [0.29, 0.717) is 12.1 Å². The molecule has 1 aromatic carbocycles. The molecule has 0 aromatic heterocycles. The molecule has 0 unspecified atom stereocenters. The van der Waals surface area contributed by atoms with Gasteiger partial charge in [0.05, 0.1) is 6.42 Å². The summed E-state index contributed by atoms with van der Waals surface area (Å²) in [6.07, 6.45) is 0.309. The summed E-state index contributed by atoms with van der Waals surface area (Å²) < 4.78 is 0. The zero-order valence-corrected chi connectivity index (χ0v) is 11.5. The first-order valence-corrected chi connectivity index (χ1v) is 6.26. The molecular formula is C14H19N3O2. The third kappa shape index (κ3) is 3.05. The van der Waals surface area contributed by atoms with E-state index >= 15 is 0 Å². The number of carbonyl (C=O) groups is 2. The van der Waals surface area contributed by atoms with Crippen LogP contribution in [0.2, 0.25) is 0 Å². The number of nitrogen functional groups attached to an aromatic ring is 1. The highest BCUT2D eigenvalue weighted by Crippen LogP contribution is 2.30. The lowest BCUT2D eigenvalue weighted by Crippen LogP contribution is -2.46. The summed E-state index contributed by atoms with van der Waals surface area (Å²) in [5.74, 6) is -0.227. The normalized spacial score (nSPS) is 14.5. The van der Waals surface area contributed by atoms with Crippen LogP contribution in [-0.2, 0) is 16.0 Å². The minimum atomic E-state index is -0.302. The molecule has 1 heterocycles. The van der Waals surface area contributed by atoms with Gasteiger partial charge in [-0.25, -0.2) is 0 Å². The molecule has 1 aliphatic rings. The summed E-state index contributed by atoms with van der Waals surface area (Å²) in [5, 5.41) is 2.85. The Bertz CT molecular complexity index is 532. The summed E-state index contributed by atoms with van der Waals surface area (Å²) in [5.41, 5.74) is 7.69. The molecule has 0 saturated heterocycles. The van der Waals surface area contributed by atoms with Gasteiger partial charge in [0, 0.05) is 16.9 Å². The number of nitrogens with one attached hydrogen (secondary N) is 1. The van der Waals surface area contributed by atoms with Crippen molar-refractivity contribution in [3.63, 3.8) is 0 Å². The molecule has 1 aromatic rings. The molecule has 1 aliphatic heterocycles. The van der Waals surface area contributed by atoms with Gasteiger partial charge in [0.15, 0.2) is 0 Å². The molecule has 19 heavy (non-hydrogen) atoms. The maximum absolute atomic E-state index is 11.9. The monoisotopic (exact) mass is 261 g/mol. The van der Waals surface area contributed by atoms with Crippen molar-refractivity contribution in [2.45, 2.75) is 32.7 Å². The molecule has 0 fully saturated rings. The van der Waals surface area contributed by atoms with E-state index in [9.17, 15) is 9.59 Å². The van der Waals surface area contributed by atoms with Gasteiger partial charge < -0.3 is 16.0 Å². The van der Waals surface area contributed by atoms with Gasteiger partial charge in [-0.15, -0.1) is 0 Å². The zero-order valence-electron chi connectivity index (χ0n) is 11.5. The van der Waals surface area contributed by atoms with Crippen LogP contribution in [0.1, 0.15) is 26.3 Å². The van der Waals surface area contributed by atoms with Gasteiger partial charge in [-0.3, -0.25) is 9.59 Å². The fourth-order valence-electron chi connectivity index (χ4n) is 2.18. The zero-order chi connectivity index (χ0) is 14.2. The van der Waals surface area contributed by atoms with Gasteiger partial charge in [0.1, 0.15) is 6.54 Å². The van der Waals surface area contributed by atoms with Crippen LogP contribution in [-0.4, -0.2) is 23.9 Å². The summed E-state index contributed by atoms with van der Waals surface area (Å²) in [6.45, 7) is 5.77. The lowest BCUT2D eigenvalue weighted by atomic mass is 10.1. The Kier molecular flexibility index (Phi) is 3.22. The topological polar surface area (TPSA) is 75.4 Å². The number of hydrogen-bond acceptors (Lipinski definition) is 3. The largest absolute Gasteiger partial charge is 0.399 e. The van der Waals surface area contributed by atoms with Crippen molar-refractivity contribution in [1.82, 2.24) is 5.32 Å². The molecular weight excluding hydrogens is 242 g/mol.